The fourth-order valence-electron chi connectivity index (χ4n) is 3.18. The summed E-state index contributed by atoms with van der Waals surface area (Å²) in [6.07, 6.45) is 1.83. The van der Waals surface area contributed by atoms with Crippen molar-refractivity contribution < 1.29 is 9.13 Å². The lowest BCUT2D eigenvalue weighted by Crippen LogP contribution is -2.06. The quantitative estimate of drug-likeness (QED) is 0.403. The van der Waals surface area contributed by atoms with Crippen LogP contribution in [0.5, 0.6) is 5.75 Å². The molecule has 30 heavy (non-hydrogen) atoms. The first-order valence-corrected chi connectivity index (χ1v) is 10.1. The minimum atomic E-state index is -0.292. The Hall–Kier alpha value is -3.19. The Balaban J connectivity index is 1.75. The van der Waals surface area contributed by atoms with Crippen LogP contribution in [-0.4, -0.2) is 30.6 Å². The van der Waals surface area contributed by atoms with Gasteiger partial charge in [0.25, 0.3) is 0 Å². The molecule has 2 aromatic carbocycles. The van der Waals surface area contributed by atoms with Gasteiger partial charge in [0.15, 0.2) is 11.6 Å². The predicted octanol–water partition coefficient (Wildman–Crippen LogP) is 5.09. The van der Waals surface area contributed by atoms with Gasteiger partial charge in [-0.3, -0.25) is 0 Å². The zero-order valence-electron chi connectivity index (χ0n) is 16.9. The molecule has 6 nitrogen and oxygen atoms in total. The van der Waals surface area contributed by atoms with E-state index in [1.54, 1.807) is 27.7 Å². The first kappa shape index (κ1) is 20.1. The molecular formula is C22H21ClFN5O. The van der Waals surface area contributed by atoms with Crippen molar-refractivity contribution in [1.29, 1.82) is 0 Å². The predicted molar refractivity (Wildman–Crippen MR) is 114 cm³/mol. The monoisotopic (exact) mass is 425 g/mol. The summed E-state index contributed by atoms with van der Waals surface area (Å²) in [5.74, 6) is 1.84. The van der Waals surface area contributed by atoms with Crippen molar-refractivity contribution in [2.45, 2.75) is 32.8 Å². The zero-order valence-corrected chi connectivity index (χ0v) is 17.6. The van der Waals surface area contributed by atoms with Crippen LogP contribution in [0.25, 0.3) is 22.8 Å². The highest BCUT2D eigenvalue weighted by atomic mass is 35.5. The van der Waals surface area contributed by atoms with Crippen LogP contribution in [0.15, 0.2) is 54.7 Å². The van der Waals surface area contributed by atoms with Crippen molar-refractivity contribution in [2.24, 2.45) is 0 Å². The van der Waals surface area contributed by atoms with Gasteiger partial charge >= 0.3 is 0 Å². The van der Waals surface area contributed by atoms with Gasteiger partial charge in [-0.15, -0.1) is 16.7 Å². The third kappa shape index (κ3) is 3.93. The van der Waals surface area contributed by atoms with Gasteiger partial charge in [0.2, 0.25) is 0 Å². The van der Waals surface area contributed by atoms with E-state index >= 15 is 0 Å². The number of nitrogens with zero attached hydrogens (tertiary/aromatic N) is 5. The number of ether oxygens (including phenoxy) is 1. The maximum atomic E-state index is 13.3. The van der Waals surface area contributed by atoms with Crippen LogP contribution in [-0.2, 0) is 5.88 Å². The zero-order chi connectivity index (χ0) is 21.3. The SMILES string of the molecule is Cc1c(-c2nc(CCl)nn2-c2ccc(OC(C)C)cc2)cnn1-c1ccc(F)cc1. The van der Waals surface area contributed by atoms with Gasteiger partial charge in [-0.25, -0.2) is 18.7 Å². The van der Waals surface area contributed by atoms with Crippen molar-refractivity contribution in [3.05, 3.63) is 72.1 Å². The molecule has 0 aliphatic carbocycles. The molecule has 4 aromatic rings. The summed E-state index contributed by atoms with van der Waals surface area (Å²) in [7, 11) is 0. The molecule has 0 unspecified atom stereocenters. The van der Waals surface area contributed by atoms with Crippen LogP contribution in [0.3, 0.4) is 0 Å². The van der Waals surface area contributed by atoms with Crippen LogP contribution in [0, 0.1) is 12.7 Å². The summed E-state index contributed by atoms with van der Waals surface area (Å²) < 4.78 is 22.5. The molecule has 2 aromatic heterocycles. The van der Waals surface area contributed by atoms with Gasteiger partial charge in [-0.2, -0.15) is 5.10 Å². The second-order valence-electron chi connectivity index (χ2n) is 7.09. The van der Waals surface area contributed by atoms with Crippen LogP contribution in [0.1, 0.15) is 25.4 Å². The van der Waals surface area contributed by atoms with E-state index in [2.05, 4.69) is 15.2 Å². The largest absolute Gasteiger partial charge is 0.491 e. The Morgan fingerprint density at radius 2 is 1.63 bits per heavy atom. The molecule has 0 amide bonds. The van der Waals surface area contributed by atoms with Crippen molar-refractivity contribution in [2.75, 3.05) is 0 Å². The standard InChI is InChI=1S/C22H21ClFN5O/c1-14(2)30-19-10-8-18(9-11-19)29-22(26-21(12-23)27-29)20-13-25-28(15(20)3)17-6-4-16(24)5-7-17/h4-11,13-14H,12H2,1-3H3. The third-order valence-electron chi connectivity index (χ3n) is 4.55. The Bertz CT molecular complexity index is 1150. The Morgan fingerprint density at radius 3 is 2.27 bits per heavy atom. The molecule has 0 saturated carbocycles. The molecule has 0 radical (unpaired) electrons. The smallest absolute Gasteiger partial charge is 0.167 e. The molecule has 2 heterocycles. The first-order valence-electron chi connectivity index (χ1n) is 9.56. The Labute approximate surface area is 178 Å². The van der Waals surface area contributed by atoms with Gasteiger partial charge in [-0.1, -0.05) is 0 Å². The summed E-state index contributed by atoms with van der Waals surface area (Å²) >= 11 is 6.01. The van der Waals surface area contributed by atoms with Gasteiger partial charge in [0.1, 0.15) is 11.6 Å². The number of benzene rings is 2. The van der Waals surface area contributed by atoms with Gasteiger partial charge < -0.3 is 4.74 Å². The van der Waals surface area contributed by atoms with Crippen molar-refractivity contribution in [1.82, 2.24) is 24.5 Å². The highest BCUT2D eigenvalue weighted by molar-refractivity contribution is 6.16. The highest BCUT2D eigenvalue weighted by Crippen LogP contribution is 2.27. The number of hydrogen-bond donors (Lipinski definition) is 0. The number of aromatic nitrogens is 5. The average molecular weight is 426 g/mol. The number of rotatable bonds is 6. The molecule has 0 spiro atoms. The topological polar surface area (TPSA) is 57.8 Å². The van der Waals surface area contributed by atoms with Crippen molar-refractivity contribution in [3.8, 4) is 28.5 Å². The lowest BCUT2D eigenvalue weighted by molar-refractivity contribution is 0.242. The van der Waals surface area contributed by atoms with Crippen LogP contribution < -0.4 is 4.74 Å². The van der Waals surface area contributed by atoms with Gasteiger partial charge in [-0.05, 0) is 69.3 Å². The van der Waals surface area contributed by atoms with Crippen LogP contribution >= 0.6 is 11.6 Å². The Kier molecular flexibility index (Phi) is 5.55. The molecule has 0 aliphatic rings. The lowest BCUT2D eigenvalue weighted by atomic mass is 10.2. The summed E-state index contributed by atoms with van der Waals surface area (Å²) in [5.41, 5.74) is 3.26. The minimum absolute atomic E-state index is 0.0978. The van der Waals surface area contributed by atoms with E-state index in [0.717, 1.165) is 28.4 Å². The molecule has 8 heteroatoms. The van der Waals surface area contributed by atoms with Crippen LogP contribution in [0.4, 0.5) is 4.39 Å². The summed E-state index contributed by atoms with van der Waals surface area (Å²) in [6.45, 7) is 5.90. The molecule has 154 valence electrons. The molecule has 0 fully saturated rings. The molecule has 0 bridgehead atoms. The summed E-state index contributed by atoms with van der Waals surface area (Å²) in [4.78, 5) is 4.60. The number of halogens is 2. The molecule has 0 saturated heterocycles. The fourth-order valence-corrected chi connectivity index (χ4v) is 3.29. The van der Waals surface area contributed by atoms with E-state index in [4.69, 9.17) is 16.3 Å². The van der Waals surface area contributed by atoms with E-state index < -0.39 is 0 Å². The lowest BCUT2D eigenvalue weighted by Gasteiger charge is -2.11. The molecular weight excluding hydrogens is 405 g/mol. The third-order valence-corrected chi connectivity index (χ3v) is 4.78. The molecule has 4 rings (SSSR count). The van der Waals surface area contributed by atoms with E-state index in [9.17, 15) is 4.39 Å². The van der Waals surface area contributed by atoms with Crippen molar-refractivity contribution in [3.63, 3.8) is 0 Å². The van der Waals surface area contributed by atoms with E-state index in [1.807, 2.05) is 45.0 Å². The fraction of sp³-hybridized carbons (Fsp3) is 0.227. The van der Waals surface area contributed by atoms with E-state index in [1.165, 1.54) is 12.1 Å². The number of alkyl halides is 1. The second-order valence-corrected chi connectivity index (χ2v) is 7.36. The highest BCUT2D eigenvalue weighted by Gasteiger charge is 2.19. The van der Waals surface area contributed by atoms with Crippen molar-refractivity contribution >= 4 is 11.6 Å². The minimum Gasteiger partial charge on any atom is -0.491 e. The first-order chi connectivity index (χ1) is 14.5. The van der Waals surface area contributed by atoms with Gasteiger partial charge in [0, 0.05) is 0 Å². The van der Waals surface area contributed by atoms with Gasteiger partial charge in [0.05, 0.1) is 40.8 Å². The Morgan fingerprint density at radius 1 is 1.00 bits per heavy atom. The molecule has 0 N–H and O–H groups in total. The summed E-state index contributed by atoms with van der Waals surface area (Å²) in [6, 6.07) is 13.8. The molecule has 0 atom stereocenters. The maximum Gasteiger partial charge on any atom is 0.167 e. The van der Waals surface area contributed by atoms with E-state index in [0.29, 0.717) is 11.6 Å². The van der Waals surface area contributed by atoms with E-state index in [-0.39, 0.29) is 17.8 Å². The summed E-state index contributed by atoms with van der Waals surface area (Å²) in [5, 5.41) is 9.02. The van der Waals surface area contributed by atoms with Crippen LogP contribution in [0.2, 0.25) is 0 Å². The normalized spacial score (nSPS) is 11.3. The average Bonchev–Trinajstić information content (AvgIpc) is 3.32. The number of hydrogen-bond acceptors (Lipinski definition) is 4. The maximum absolute atomic E-state index is 13.3. The molecule has 0 aliphatic heterocycles. The second kappa shape index (κ2) is 8.28.